The predicted octanol–water partition coefficient (Wildman–Crippen LogP) is 3.85. The molecule has 0 aliphatic carbocycles. The van der Waals surface area contributed by atoms with Gasteiger partial charge >= 0.3 is 0 Å². The number of aromatic nitrogens is 2. The van der Waals surface area contributed by atoms with Crippen LogP contribution in [0.1, 0.15) is 55.4 Å². The van der Waals surface area contributed by atoms with Gasteiger partial charge in [0.05, 0.1) is 34.7 Å². The van der Waals surface area contributed by atoms with Gasteiger partial charge in [0.25, 0.3) is 17.7 Å². The number of fused-ring (bicyclic) bond motifs is 2. The van der Waals surface area contributed by atoms with Crippen LogP contribution in [-0.2, 0) is 6.54 Å². The van der Waals surface area contributed by atoms with E-state index >= 15 is 0 Å². The largest absolute Gasteiger partial charge is 0.342 e. The Balaban J connectivity index is 1.34. The van der Waals surface area contributed by atoms with Gasteiger partial charge in [0.1, 0.15) is 5.82 Å². The third-order valence-electron chi connectivity index (χ3n) is 5.58. The van der Waals surface area contributed by atoms with Gasteiger partial charge in [-0.25, -0.2) is 4.98 Å². The molecule has 1 atom stereocenters. The number of nitrogens with one attached hydrogen (secondary N) is 2. The summed E-state index contributed by atoms with van der Waals surface area (Å²) in [5, 5.41) is 2.90. The molecule has 32 heavy (non-hydrogen) atoms. The lowest BCUT2D eigenvalue weighted by Gasteiger charge is -2.13. The first-order chi connectivity index (χ1) is 15.5. The molecule has 2 heterocycles. The minimum absolute atomic E-state index is 0.192. The lowest BCUT2D eigenvalue weighted by Crippen LogP contribution is -2.29. The number of para-hydroxylation sites is 2. The maximum Gasteiger partial charge on any atom is 0.261 e. The van der Waals surface area contributed by atoms with Gasteiger partial charge in [0, 0.05) is 5.56 Å². The molecule has 0 radical (unpaired) electrons. The van der Waals surface area contributed by atoms with Gasteiger partial charge in [-0.2, -0.15) is 0 Å². The summed E-state index contributed by atoms with van der Waals surface area (Å²) in [5.74, 6) is -0.450. The normalized spacial score (nSPS) is 14.0. The maximum absolute atomic E-state index is 12.9. The van der Waals surface area contributed by atoms with Crippen LogP contribution in [-0.4, -0.2) is 32.6 Å². The van der Waals surface area contributed by atoms with E-state index in [0.717, 1.165) is 16.6 Å². The number of hydrogen-bond acceptors (Lipinski definition) is 4. The highest BCUT2D eigenvalue weighted by atomic mass is 16.2. The standard InChI is InChI=1S/C25H20N4O3/c1-15(22-27-20-9-5-6-10-21(20)28-22)26-23(30)17-11-12-18-19(13-17)25(32)29(24(18)31)14-16-7-3-2-4-8-16/h2-13,15H,14H2,1H3,(H,26,30)(H,27,28). The van der Waals surface area contributed by atoms with Gasteiger partial charge in [-0.05, 0) is 42.8 Å². The number of hydrogen-bond donors (Lipinski definition) is 2. The van der Waals surface area contributed by atoms with Crippen molar-refractivity contribution in [2.24, 2.45) is 0 Å². The summed E-state index contributed by atoms with van der Waals surface area (Å²) in [6.07, 6.45) is 0. The summed E-state index contributed by atoms with van der Waals surface area (Å²) < 4.78 is 0. The van der Waals surface area contributed by atoms with Crippen molar-refractivity contribution in [3.63, 3.8) is 0 Å². The van der Waals surface area contributed by atoms with Gasteiger partial charge in [-0.15, -0.1) is 0 Å². The molecule has 3 aromatic carbocycles. The molecule has 0 fully saturated rings. The lowest BCUT2D eigenvalue weighted by atomic mass is 10.1. The van der Waals surface area contributed by atoms with E-state index in [0.29, 0.717) is 17.0 Å². The summed E-state index contributed by atoms with van der Waals surface area (Å²) in [7, 11) is 0. The molecule has 7 nitrogen and oxygen atoms in total. The minimum Gasteiger partial charge on any atom is -0.342 e. The molecule has 1 aromatic heterocycles. The molecule has 0 saturated heterocycles. The molecule has 3 amide bonds. The number of benzene rings is 3. The molecular formula is C25H20N4O3. The molecule has 1 aliphatic heterocycles. The fourth-order valence-corrected chi connectivity index (χ4v) is 3.87. The van der Waals surface area contributed by atoms with E-state index in [1.165, 1.54) is 11.0 Å². The zero-order valence-corrected chi connectivity index (χ0v) is 17.3. The second-order valence-corrected chi connectivity index (χ2v) is 7.78. The number of imidazole rings is 1. The van der Waals surface area contributed by atoms with Gasteiger partial charge < -0.3 is 10.3 Å². The van der Waals surface area contributed by atoms with Gasteiger partial charge in [0.15, 0.2) is 0 Å². The van der Waals surface area contributed by atoms with Crippen molar-refractivity contribution in [3.05, 3.63) is 101 Å². The Morgan fingerprint density at radius 1 is 0.969 bits per heavy atom. The molecular weight excluding hydrogens is 404 g/mol. The number of rotatable bonds is 5. The van der Waals surface area contributed by atoms with Crippen LogP contribution in [0.15, 0.2) is 72.8 Å². The fraction of sp³-hybridized carbons (Fsp3) is 0.120. The number of aromatic amines is 1. The first kappa shape index (κ1) is 19.7. The molecule has 4 aromatic rings. The first-order valence-electron chi connectivity index (χ1n) is 10.3. The van der Waals surface area contributed by atoms with Crippen molar-refractivity contribution in [3.8, 4) is 0 Å². The Bertz CT molecular complexity index is 1330. The van der Waals surface area contributed by atoms with Crippen LogP contribution in [0.4, 0.5) is 0 Å². The highest BCUT2D eigenvalue weighted by Gasteiger charge is 2.36. The molecule has 1 aliphatic rings. The topological polar surface area (TPSA) is 95.2 Å². The van der Waals surface area contributed by atoms with Crippen molar-refractivity contribution in [2.45, 2.75) is 19.5 Å². The highest BCUT2D eigenvalue weighted by Crippen LogP contribution is 2.26. The van der Waals surface area contributed by atoms with Crippen LogP contribution in [0.5, 0.6) is 0 Å². The molecule has 2 N–H and O–H groups in total. The van der Waals surface area contributed by atoms with Crippen molar-refractivity contribution in [1.29, 1.82) is 0 Å². The smallest absolute Gasteiger partial charge is 0.261 e. The third kappa shape index (κ3) is 3.43. The highest BCUT2D eigenvalue weighted by molar-refractivity contribution is 6.22. The lowest BCUT2D eigenvalue weighted by molar-refractivity contribution is 0.0642. The molecule has 0 spiro atoms. The number of H-pyrrole nitrogens is 1. The van der Waals surface area contributed by atoms with Crippen molar-refractivity contribution < 1.29 is 14.4 Å². The van der Waals surface area contributed by atoms with E-state index < -0.39 is 5.91 Å². The van der Waals surface area contributed by atoms with Crippen molar-refractivity contribution >= 4 is 28.8 Å². The van der Waals surface area contributed by atoms with Crippen LogP contribution in [0.25, 0.3) is 11.0 Å². The van der Waals surface area contributed by atoms with Gasteiger partial charge in [-0.1, -0.05) is 42.5 Å². The zero-order chi connectivity index (χ0) is 22.2. The molecule has 0 bridgehead atoms. The van der Waals surface area contributed by atoms with E-state index in [9.17, 15) is 14.4 Å². The SMILES string of the molecule is CC(NC(=O)c1ccc2c(c1)C(=O)N(Cc1ccccc1)C2=O)c1nc2ccccc2[nH]1. The van der Waals surface area contributed by atoms with Crippen LogP contribution in [0.3, 0.4) is 0 Å². The molecule has 1 unspecified atom stereocenters. The third-order valence-corrected chi connectivity index (χ3v) is 5.58. The minimum atomic E-state index is -0.395. The van der Waals surface area contributed by atoms with E-state index in [2.05, 4.69) is 15.3 Å². The molecule has 158 valence electrons. The Labute approximate surface area is 184 Å². The summed E-state index contributed by atoms with van der Waals surface area (Å²) in [6, 6.07) is 21.2. The maximum atomic E-state index is 12.9. The van der Waals surface area contributed by atoms with Gasteiger partial charge in [-0.3, -0.25) is 19.3 Å². The Hall–Kier alpha value is -4.26. The number of imide groups is 1. The fourth-order valence-electron chi connectivity index (χ4n) is 3.87. The van der Waals surface area contributed by atoms with Crippen molar-refractivity contribution in [2.75, 3.05) is 0 Å². The first-order valence-corrected chi connectivity index (χ1v) is 10.3. The van der Waals surface area contributed by atoms with Gasteiger partial charge in [0.2, 0.25) is 0 Å². The number of nitrogens with zero attached hydrogens (tertiary/aromatic N) is 2. The van der Waals surface area contributed by atoms with Crippen LogP contribution < -0.4 is 5.32 Å². The average Bonchev–Trinajstić information content (AvgIpc) is 3.35. The summed E-state index contributed by atoms with van der Waals surface area (Å²) >= 11 is 0. The average molecular weight is 424 g/mol. The van der Waals surface area contributed by atoms with E-state index in [-0.39, 0.29) is 30.0 Å². The number of carbonyl (C=O) groups excluding carboxylic acids is 3. The van der Waals surface area contributed by atoms with Crippen LogP contribution in [0, 0.1) is 0 Å². The van der Waals surface area contributed by atoms with Crippen molar-refractivity contribution in [1.82, 2.24) is 20.2 Å². The number of carbonyl (C=O) groups is 3. The molecule has 7 heteroatoms. The summed E-state index contributed by atoms with van der Waals surface area (Å²) in [4.78, 5) is 47.4. The van der Waals surface area contributed by atoms with E-state index in [1.54, 1.807) is 12.1 Å². The Morgan fingerprint density at radius 3 is 2.47 bits per heavy atom. The molecule has 0 saturated carbocycles. The molecule has 5 rings (SSSR count). The summed E-state index contributed by atoms with van der Waals surface area (Å²) in [5.41, 5.74) is 3.45. The predicted molar refractivity (Wildman–Crippen MR) is 119 cm³/mol. The van der Waals surface area contributed by atoms with Crippen LogP contribution in [0.2, 0.25) is 0 Å². The van der Waals surface area contributed by atoms with Crippen LogP contribution >= 0.6 is 0 Å². The monoisotopic (exact) mass is 424 g/mol. The quantitative estimate of drug-likeness (QED) is 0.476. The van der Waals surface area contributed by atoms with E-state index in [1.807, 2.05) is 61.5 Å². The second-order valence-electron chi connectivity index (χ2n) is 7.78. The zero-order valence-electron chi connectivity index (χ0n) is 17.3. The van der Waals surface area contributed by atoms with E-state index in [4.69, 9.17) is 0 Å². The Kier molecular flexibility index (Phi) is 4.78. The summed E-state index contributed by atoms with van der Waals surface area (Å²) in [6.45, 7) is 2.02. The second kappa shape index (κ2) is 7.77. The number of amides is 3. The Morgan fingerprint density at radius 2 is 1.69 bits per heavy atom.